The van der Waals surface area contributed by atoms with Crippen LogP contribution in [0.25, 0.3) is 11.0 Å². The van der Waals surface area contributed by atoms with E-state index < -0.39 is 0 Å². The molecule has 0 bridgehead atoms. The summed E-state index contributed by atoms with van der Waals surface area (Å²) in [6, 6.07) is 7.09. The summed E-state index contributed by atoms with van der Waals surface area (Å²) in [6.07, 6.45) is 0. The predicted molar refractivity (Wildman–Crippen MR) is 76.8 cm³/mol. The highest BCUT2D eigenvalue weighted by Gasteiger charge is 2.17. The third kappa shape index (κ3) is 2.02. The van der Waals surface area contributed by atoms with Crippen molar-refractivity contribution < 1.29 is 0 Å². The minimum absolute atomic E-state index is 0.0578. The molecule has 0 atom stereocenters. The molecule has 2 aromatic rings. The molecule has 6 nitrogen and oxygen atoms in total. The van der Waals surface area contributed by atoms with Crippen molar-refractivity contribution in [2.45, 2.75) is 0 Å². The summed E-state index contributed by atoms with van der Waals surface area (Å²) in [5, 5.41) is 12.3. The standard InChI is InChI=1S/C14H15N5O/c1-18-11-3-2-10(9-15)17-14(11)12(8-13(18)20)19-6-4-16-5-7-19/h2-3,8,16H,4-7H2,1H3. The number of hydrogen-bond acceptors (Lipinski definition) is 5. The van der Waals surface area contributed by atoms with Crippen LogP contribution in [-0.2, 0) is 7.05 Å². The van der Waals surface area contributed by atoms with Crippen LogP contribution in [0.15, 0.2) is 23.0 Å². The van der Waals surface area contributed by atoms with Gasteiger partial charge in [0.2, 0.25) is 0 Å². The van der Waals surface area contributed by atoms with E-state index >= 15 is 0 Å². The summed E-state index contributed by atoms with van der Waals surface area (Å²) < 4.78 is 1.56. The maximum Gasteiger partial charge on any atom is 0.252 e. The van der Waals surface area contributed by atoms with Gasteiger partial charge in [-0.2, -0.15) is 5.26 Å². The van der Waals surface area contributed by atoms with E-state index in [1.165, 1.54) is 0 Å². The molecule has 102 valence electrons. The highest BCUT2D eigenvalue weighted by molar-refractivity contribution is 5.88. The number of hydrogen-bond donors (Lipinski definition) is 1. The molecule has 1 aliphatic heterocycles. The molecular formula is C14H15N5O. The van der Waals surface area contributed by atoms with Crippen molar-refractivity contribution in [2.75, 3.05) is 31.1 Å². The second-order valence-corrected chi connectivity index (χ2v) is 4.84. The fourth-order valence-corrected chi connectivity index (χ4v) is 2.52. The Balaban J connectivity index is 2.26. The fourth-order valence-electron chi connectivity index (χ4n) is 2.52. The second-order valence-electron chi connectivity index (χ2n) is 4.84. The number of nitrogens with one attached hydrogen (secondary N) is 1. The van der Waals surface area contributed by atoms with Crippen LogP contribution in [0.4, 0.5) is 5.69 Å². The first-order valence-corrected chi connectivity index (χ1v) is 6.57. The van der Waals surface area contributed by atoms with Crippen molar-refractivity contribution in [3.05, 3.63) is 34.2 Å². The number of fused-ring (bicyclic) bond motifs is 1. The number of piperazine rings is 1. The van der Waals surface area contributed by atoms with Gasteiger partial charge in [0.25, 0.3) is 5.56 Å². The van der Waals surface area contributed by atoms with Gasteiger partial charge in [-0.3, -0.25) is 4.79 Å². The molecule has 20 heavy (non-hydrogen) atoms. The molecule has 0 saturated carbocycles. The normalized spacial score (nSPS) is 15.3. The average molecular weight is 269 g/mol. The van der Waals surface area contributed by atoms with E-state index in [0.717, 1.165) is 37.4 Å². The van der Waals surface area contributed by atoms with E-state index in [9.17, 15) is 4.79 Å². The number of aryl methyl sites for hydroxylation is 1. The Kier molecular flexibility index (Phi) is 3.12. The van der Waals surface area contributed by atoms with Gasteiger partial charge >= 0.3 is 0 Å². The van der Waals surface area contributed by atoms with Gasteiger partial charge < -0.3 is 14.8 Å². The Labute approximate surface area is 116 Å². The highest BCUT2D eigenvalue weighted by atomic mass is 16.1. The van der Waals surface area contributed by atoms with Crippen LogP contribution in [-0.4, -0.2) is 35.7 Å². The summed E-state index contributed by atoms with van der Waals surface area (Å²) in [6.45, 7) is 3.44. The van der Waals surface area contributed by atoms with Crippen molar-refractivity contribution in [1.29, 1.82) is 5.26 Å². The molecule has 1 fully saturated rings. The fraction of sp³-hybridized carbons (Fsp3) is 0.357. The Morgan fingerprint density at radius 3 is 2.80 bits per heavy atom. The number of nitrogens with zero attached hydrogens (tertiary/aromatic N) is 4. The molecule has 1 aliphatic rings. The van der Waals surface area contributed by atoms with E-state index in [2.05, 4.69) is 21.3 Å². The molecule has 0 amide bonds. The van der Waals surface area contributed by atoms with Crippen LogP contribution in [0.3, 0.4) is 0 Å². The lowest BCUT2D eigenvalue weighted by Crippen LogP contribution is -2.44. The van der Waals surface area contributed by atoms with Crippen LogP contribution in [0, 0.1) is 11.3 Å². The monoisotopic (exact) mass is 269 g/mol. The molecule has 0 aliphatic carbocycles. The van der Waals surface area contributed by atoms with Crippen LogP contribution in [0.5, 0.6) is 0 Å². The van der Waals surface area contributed by atoms with E-state index in [4.69, 9.17) is 5.26 Å². The maximum absolute atomic E-state index is 12.1. The third-order valence-corrected chi connectivity index (χ3v) is 3.64. The van der Waals surface area contributed by atoms with E-state index in [1.807, 2.05) is 0 Å². The maximum atomic E-state index is 12.1. The zero-order chi connectivity index (χ0) is 14.1. The lowest BCUT2D eigenvalue weighted by atomic mass is 10.2. The molecular weight excluding hydrogens is 254 g/mol. The molecule has 0 aromatic carbocycles. The minimum Gasteiger partial charge on any atom is -0.367 e. The Morgan fingerprint density at radius 2 is 2.10 bits per heavy atom. The van der Waals surface area contributed by atoms with Gasteiger partial charge in [-0.1, -0.05) is 0 Å². The van der Waals surface area contributed by atoms with Crippen molar-refractivity contribution in [1.82, 2.24) is 14.9 Å². The SMILES string of the molecule is Cn1c(=O)cc(N2CCNCC2)c2nc(C#N)ccc21. The van der Waals surface area contributed by atoms with Crippen molar-refractivity contribution >= 4 is 16.7 Å². The topological polar surface area (TPSA) is 74.0 Å². The number of pyridine rings is 2. The largest absolute Gasteiger partial charge is 0.367 e. The van der Waals surface area contributed by atoms with Gasteiger partial charge in [0.15, 0.2) is 0 Å². The molecule has 6 heteroatoms. The zero-order valence-electron chi connectivity index (χ0n) is 11.3. The minimum atomic E-state index is -0.0578. The predicted octanol–water partition coefficient (Wildman–Crippen LogP) is 0.215. The Bertz CT molecular complexity index is 752. The average Bonchev–Trinajstić information content (AvgIpc) is 2.51. The summed E-state index contributed by atoms with van der Waals surface area (Å²) in [5.41, 5.74) is 2.60. The van der Waals surface area contributed by atoms with Gasteiger partial charge in [0.1, 0.15) is 17.3 Å². The van der Waals surface area contributed by atoms with Crippen LogP contribution < -0.4 is 15.8 Å². The smallest absolute Gasteiger partial charge is 0.252 e. The zero-order valence-corrected chi connectivity index (χ0v) is 11.3. The number of nitriles is 1. The third-order valence-electron chi connectivity index (χ3n) is 3.64. The van der Waals surface area contributed by atoms with Crippen molar-refractivity contribution in [2.24, 2.45) is 7.05 Å². The summed E-state index contributed by atoms with van der Waals surface area (Å²) in [4.78, 5) is 18.6. The molecule has 1 saturated heterocycles. The molecule has 0 unspecified atom stereocenters. The van der Waals surface area contributed by atoms with Gasteiger partial charge in [0, 0.05) is 39.3 Å². The lowest BCUT2D eigenvalue weighted by Gasteiger charge is -2.30. The first kappa shape index (κ1) is 12.6. The number of rotatable bonds is 1. The molecule has 2 aromatic heterocycles. The van der Waals surface area contributed by atoms with Gasteiger partial charge in [-0.05, 0) is 12.1 Å². The van der Waals surface area contributed by atoms with E-state index in [0.29, 0.717) is 11.2 Å². The van der Waals surface area contributed by atoms with E-state index in [1.54, 1.807) is 29.8 Å². The summed E-state index contributed by atoms with van der Waals surface area (Å²) in [7, 11) is 1.72. The quantitative estimate of drug-likeness (QED) is 0.801. The highest BCUT2D eigenvalue weighted by Crippen LogP contribution is 2.23. The van der Waals surface area contributed by atoms with Gasteiger partial charge in [-0.15, -0.1) is 0 Å². The van der Waals surface area contributed by atoms with Gasteiger partial charge in [0.05, 0.1) is 11.2 Å². The molecule has 0 radical (unpaired) electrons. The Morgan fingerprint density at radius 1 is 1.35 bits per heavy atom. The summed E-state index contributed by atoms with van der Waals surface area (Å²) >= 11 is 0. The molecule has 0 spiro atoms. The number of aromatic nitrogens is 2. The van der Waals surface area contributed by atoms with Crippen LogP contribution >= 0.6 is 0 Å². The van der Waals surface area contributed by atoms with Crippen molar-refractivity contribution in [3.8, 4) is 6.07 Å². The molecule has 1 N–H and O–H groups in total. The molecule has 3 rings (SSSR count). The number of anilines is 1. The van der Waals surface area contributed by atoms with Crippen LogP contribution in [0.2, 0.25) is 0 Å². The molecule has 3 heterocycles. The van der Waals surface area contributed by atoms with Crippen LogP contribution in [0.1, 0.15) is 5.69 Å². The first-order chi connectivity index (χ1) is 9.70. The summed E-state index contributed by atoms with van der Waals surface area (Å²) in [5.74, 6) is 0. The van der Waals surface area contributed by atoms with E-state index in [-0.39, 0.29) is 5.56 Å². The Hall–Kier alpha value is -2.39. The first-order valence-electron chi connectivity index (χ1n) is 6.57. The van der Waals surface area contributed by atoms with Crippen molar-refractivity contribution in [3.63, 3.8) is 0 Å². The lowest BCUT2D eigenvalue weighted by molar-refractivity contribution is 0.589. The second kappa shape index (κ2) is 4.94. The van der Waals surface area contributed by atoms with Gasteiger partial charge in [-0.25, -0.2) is 4.98 Å².